The van der Waals surface area contributed by atoms with Gasteiger partial charge in [0.2, 0.25) is 5.91 Å². The lowest BCUT2D eigenvalue weighted by atomic mass is 9.97. The molecule has 1 saturated carbocycles. The van der Waals surface area contributed by atoms with Gasteiger partial charge in [-0.15, -0.1) is 11.8 Å². The molecule has 186 valence electrons. The quantitative estimate of drug-likeness (QED) is 0.221. The zero-order valence-electron chi connectivity index (χ0n) is 19.4. The Kier molecular flexibility index (Phi) is 10.1. The van der Waals surface area contributed by atoms with E-state index in [4.69, 9.17) is 4.74 Å². The van der Waals surface area contributed by atoms with Gasteiger partial charge in [0.1, 0.15) is 5.69 Å². The van der Waals surface area contributed by atoms with E-state index in [1.807, 2.05) is 0 Å². The normalized spacial score (nSPS) is 14.3. The summed E-state index contributed by atoms with van der Waals surface area (Å²) in [6.07, 6.45) is 7.90. The van der Waals surface area contributed by atoms with E-state index in [1.54, 1.807) is 30.3 Å². The summed E-state index contributed by atoms with van der Waals surface area (Å²) in [6, 6.07) is 12.6. The largest absolute Gasteiger partial charge is 0.452 e. The van der Waals surface area contributed by atoms with Crippen molar-refractivity contribution in [1.82, 2.24) is 5.32 Å². The summed E-state index contributed by atoms with van der Waals surface area (Å²) in [4.78, 5) is 48.3. The van der Waals surface area contributed by atoms with Crippen LogP contribution in [0.3, 0.4) is 0 Å². The van der Waals surface area contributed by atoms with Crippen molar-refractivity contribution in [3.63, 3.8) is 0 Å². The number of carbonyl (C=O) groups is 3. The fourth-order valence-electron chi connectivity index (χ4n) is 3.91. The minimum Gasteiger partial charge on any atom is -0.452 e. The Hall–Kier alpha value is -3.40. The third-order valence-corrected chi connectivity index (χ3v) is 6.72. The van der Waals surface area contributed by atoms with Gasteiger partial charge in [-0.3, -0.25) is 19.7 Å². The number of rotatable bonds is 9. The minimum absolute atomic E-state index is 0.0183. The van der Waals surface area contributed by atoms with E-state index in [9.17, 15) is 24.5 Å². The van der Waals surface area contributed by atoms with Crippen LogP contribution in [0.25, 0.3) is 0 Å². The number of nitro benzene ring substituents is 1. The van der Waals surface area contributed by atoms with Crippen LogP contribution < -0.4 is 10.6 Å². The Morgan fingerprint density at radius 2 is 1.60 bits per heavy atom. The number of benzene rings is 2. The number of thioether (sulfide) groups is 1. The average molecular weight is 500 g/mol. The molecule has 1 fully saturated rings. The van der Waals surface area contributed by atoms with Gasteiger partial charge in [-0.25, -0.2) is 4.79 Å². The number of nitro groups is 1. The van der Waals surface area contributed by atoms with Crippen LogP contribution in [0.4, 0.5) is 11.4 Å². The second-order valence-electron chi connectivity index (χ2n) is 8.29. The number of nitrogens with zero attached hydrogens (tertiary/aromatic N) is 1. The highest BCUT2D eigenvalue weighted by Crippen LogP contribution is 2.25. The molecule has 0 saturated heterocycles. The lowest BCUT2D eigenvalue weighted by Crippen LogP contribution is -2.36. The second-order valence-corrected chi connectivity index (χ2v) is 9.31. The number of hydrogen-bond donors (Lipinski definition) is 2. The summed E-state index contributed by atoms with van der Waals surface area (Å²) < 4.78 is 5.12. The maximum atomic E-state index is 12.6. The fourth-order valence-corrected chi connectivity index (χ4v) is 4.76. The van der Waals surface area contributed by atoms with Crippen molar-refractivity contribution in [2.24, 2.45) is 0 Å². The standard InChI is InChI=1S/C25H29N3O6S/c29-23(27-20-13-7-8-14-21(20)28(32)33)16-34-25(31)19-12-6-9-15-22(19)35-17-24(30)26-18-10-4-2-1-3-5-11-18/h6-9,12-15,18H,1-5,10-11,16-17H2,(H,26,30)(H,27,29). The van der Waals surface area contributed by atoms with Gasteiger partial charge >= 0.3 is 5.97 Å². The van der Waals surface area contributed by atoms with Gasteiger partial charge < -0.3 is 15.4 Å². The number of hydrogen-bond acceptors (Lipinski definition) is 7. The monoisotopic (exact) mass is 499 g/mol. The maximum absolute atomic E-state index is 12.6. The Morgan fingerprint density at radius 3 is 2.34 bits per heavy atom. The first kappa shape index (κ1) is 26.2. The maximum Gasteiger partial charge on any atom is 0.339 e. The molecule has 2 aromatic carbocycles. The predicted molar refractivity (Wildman–Crippen MR) is 133 cm³/mol. The molecular weight excluding hydrogens is 470 g/mol. The zero-order valence-corrected chi connectivity index (χ0v) is 20.2. The topological polar surface area (TPSA) is 128 Å². The van der Waals surface area contributed by atoms with E-state index >= 15 is 0 Å². The lowest BCUT2D eigenvalue weighted by Gasteiger charge is -2.21. The van der Waals surface area contributed by atoms with Crippen LogP contribution in [-0.2, 0) is 14.3 Å². The molecule has 0 radical (unpaired) electrons. The van der Waals surface area contributed by atoms with Crippen LogP contribution in [0.2, 0.25) is 0 Å². The molecule has 0 aliphatic heterocycles. The van der Waals surface area contributed by atoms with Crippen molar-refractivity contribution in [3.8, 4) is 0 Å². The summed E-state index contributed by atoms with van der Waals surface area (Å²) in [5, 5.41) is 16.6. The molecule has 1 aliphatic carbocycles. The van der Waals surface area contributed by atoms with Crippen molar-refractivity contribution in [2.75, 3.05) is 17.7 Å². The number of amides is 2. The first-order chi connectivity index (χ1) is 16.9. The number of carbonyl (C=O) groups excluding carboxylic acids is 3. The molecule has 0 atom stereocenters. The van der Waals surface area contributed by atoms with Gasteiger partial charge in [-0.05, 0) is 31.0 Å². The summed E-state index contributed by atoms with van der Waals surface area (Å²) >= 11 is 1.24. The molecular formula is C25H29N3O6S. The van der Waals surface area contributed by atoms with Crippen molar-refractivity contribution in [2.45, 2.75) is 55.9 Å². The molecule has 3 rings (SSSR count). The van der Waals surface area contributed by atoms with Gasteiger partial charge in [0.25, 0.3) is 11.6 Å². The van der Waals surface area contributed by atoms with E-state index in [1.165, 1.54) is 49.2 Å². The highest BCUT2D eigenvalue weighted by Gasteiger charge is 2.19. The van der Waals surface area contributed by atoms with Gasteiger partial charge in [0, 0.05) is 17.0 Å². The van der Waals surface area contributed by atoms with E-state index in [0.29, 0.717) is 4.90 Å². The van der Waals surface area contributed by atoms with Gasteiger partial charge in [-0.2, -0.15) is 0 Å². The fraction of sp³-hybridized carbons (Fsp3) is 0.400. The number of para-hydroxylation sites is 2. The SMILES string of the molecule is O=C(COC(=O)c1ccccc1SCC(=O)NC1CCCCCCC1)Nc1ccccc1[N+](=O)[O-]. The van der Waals surface area contributed by atoms with E-state index in [0.717, 1.165) is 25.7 Å². The van der Waals surface area contributed by atoms with Crippen molar-refractivity contribution in [3.05, 3.63) is 64.2 Å². The number of anilines is 1. The van der Waals surface area contributed by atoms with Crippen molar-refractivity contribution >= 4 is 40.9 Å². The second kappa shape index (κ2) is 13.5. The number of ether oxygens (including phenoxy) is 1. The third kappa shape index (κ3) is 8.40. The first-order valence-electron chi connectivity index (χ1n) is 11.7. The van der Waals surface area contributed by atoms with E-state index in [-0.39, 0.29) is 34.6 Å². The molecule has 2 amide bonds. The lowest BCUT2D eigenvalue weighted by molar-refractivity contribution is -0.383. The molecule has 35 heavy (non-hydrogen) atoms. The Morgan fingerprint density at radius 1 is 0.943 bits per heavy atom. The summed E-state index contributed by atoms with van der Waals surface area (Å²) in [5.41, 5.74) is 0.00570. The first-order valence-corrected chi connectivity index (χ1v) is 12.6. The smallest absolute Gasteiger partial charge is 0.339 e. The van der Waals surface area contributed by atoms with Crippen LogP contribution in [0.1, 0.15) is 55.3 Å². The molecule has 2 N–H and O–H groups in total. The molecule has 0 bridgehead atoms. The molecule has 0 unspecified atom stereocenters. The van der Waals surface area contributed by atoms with Crippen LogP contribution in [-0.4, -0.2) is 41.1 Å². The van der Waals surface area contributed by atoms with Crippen molar-refractivity contribution < 1.29 is 24.0 Å². The average Bonchev–Trinajstić information content (AvgIpc) is 2.83. The molecule has 10 heteroatoms. The number of nitrogens with one attached hydrogen (secondary N) is 2. The van der Waals surface area contributed by atoms with E-state index < -0.39 is 23.4 Å². The minimum atomic E-state index is -0.716. The highest BCUT2D eigenvalue weighted by atomic mass is 32.2. The zero-order chi connectivity index (χ0) is 25.0. The Bertz CT molecular complexity index is 1050. The predicted octanol–water partition coefficient (Wildman–Crippen LogP) is 4.71. The molecule has 9 nitrogen and oxygen atoms in total. The van der Waals surface area contributed by atoms with Crippen molar-refractivity contribution in [1.29, 1.82) is 0 Å². The van der Waals surface area contributed by atoms with Gasteiger partial charge in [-0.1, -0.05) is 56.4 Å². The van der Waals surface area contributed by atoms with Crippen LogP contribution >= 0.6 is 11.8 Å². The molecule has 0 aromatic heterocycles. The van der Waals surface area contributed by atoms with Crippen LogP contribution in [0, 0.1) is 10.1 Å². The highest BCUT2D eigenvalue weighted by molar-refractivity contribution is 8.00. The summed E-state index contributed by atoms with van der Waals surface area (Å²) in [5.74, 6) is -1.32. The van der Waals surface area contributed by atoms with Crippen LogP contribution in [0.5, 0.6) is 0 Å². The Balaban J connectivity index is 1.51. The molecule has 1 aliphatic rings. The molecule has 0 heterocycles. The van der Waals surface area contributed by atoms with Gasteiger partial charge in [0.15, 0.2) is 6.61 Å². The van der Waals surface area contributed by atoms with Gasteiger partial charge in [0.05, 0.1) is 16.2 Å². The molecule has 2 aromatic rings. The Labute approximate surface area is 208 Å². The molecule has 0 spiro atoms. The summed E-state index contributed by atoms with van der Waals surface area (Å²) in [6.45, 7) is -0.605. The van der Waals surface area contributed by atoms with Crippen LogP contribution in [0.15, 0.2) is 53.4 Å². The number of esters is 1. The van der Waals surface area contributed by atoms with E-state index in [2.05, 4.69) is 10.6 Å². The third-order valence-electron chi connectivity index (χ3n) is 5.65. The summed E-state index contributed by atoms with van der Waals surface area (Å²) in [7, 11) is 0.